The Bertz CT molecular complexity index is 561. The molecule has 0 aliphatic heterocycles. The molecule has 0 spiro atoms. The van der Waals surface area contributed by atoms with Gasteiger partial charge in [-0.1, -0.05) is 0 Å². The van der Waals surface area contributed by atoms with Gasteiger partial charge in [0.25, 0.3) is 5.91 Å². The van der Waals surface area contributed by atoms with Crippen LogP contribution in [0.15, 0.2) is 17.8 Å². The predicted molar refractivity (Wildman–Crippen MR) is 60.2 cm³/mol. The highest BCUT2D eigenvalue weighted by atomic mass is 32.1. The highest BCUT2D eigenvalue weighted by Gasteiger charge is 2.21. The van der Waals surface area contributed by atoms with Gasteiger partial charge >= 0.3 is 5.97 Å². The summed E-state index contributed by atoms with van der Waals surface area (Å²) in [7, 11) is 1.50. The van der Waals surface area contributed by atoms with Crippen LogP contribution in [0.2, 0.25) is 0 Å². The van der Waals surface area contributed by atoms with Crippen molar-refractivity contribution < 1.29 is 14.7 Å². The number of aromatic carboxylic acids is 1. The minimum atomic E-state index is -1.19. The molecule has 2 heterocycles. The van der Waals surface area contributed by atoms with Crippen LogP contribution in [0.1, 0.15) is 20.8 Å². The first kappa shape index (κ1) is 11.3. The number of rotatable bonds is 3. The van der Waals surface area contributed by atoms with Crippen LogP contribution in [0.3, 0.4) is 0 Å². The quantitative estimate of drug-likeness (QED) is 0.843. The van der Waals surface area contributed by atoms with E-state index in [2.05, 4.69) is 15.4 Å². The summed E-state index contributed by atoms with van der Waals surface area (Å²) in [5.74, 6) is -1.74. The van der Waals surface area contributed by atoms with Crippen LogP contribution in [0.5, 0.6) is 0 Å². The van der Waals surface area contributed by atoms with Gasteiger partial charge in [0.05, 0.1) is 6.20 Å². The Kier molecular flexibility index (Phi) is 2.88. The third-order valence-corrected chi connectivity index (χ3v) is 2.73. The van der Waals surface area contributed by atoms with Crippen LogP contribution in [-0.2, 0) is 7.05 Å². The number of carboxylic acid groups (broad SMARTS) is 1. The molecule has 0 radical (unpaired) electrons. The fraction of sp³-hybridized carbons (Fsp3) is 0.111. The standard InChI is InChI=1S/C9H8N4O3S/c1-13-6(5(4-11-13)8(15)16)7(14)12-9-10-2-3-17-9/h2-4H,1H3,(H,15,16)(H,10,12,14). The number of aromatic nitrogens is 3. The molecule has 0 aromatic carbocycles. The molecule has 2 aromatic heterocycles. The average molecular weight is 252 g/mol. The predicted octanol–water partition coefficient (Wildman–Crippen LogP) is 0.827. The van der Waals surface area contributed by atoms with Crippen molar-refractivity contribution in [1.82, 2.24) is 14.8 Å². The van der Waals surface area contributed by atoms with Gasteiger partial charge in [-0.05, 0) is 0 Å². The number of nitrogens with zero attached hydrogens (tertiary/aromatic N) is 3. The lowest BCUT2D eigenvalue weighted by Crippen LogP contribution is -2.19. The van der Waals surface area contributed by atoms with E-state index in [0.717, 1.165) is 6.20 Å². The number of nitrogens with one attached hydrogen (secondary N) is 1. The van der Waals surface area contributed by atoms with Crippen molar-refractivity contribution in [3.63, 3.8) is 0 Å². The van der Waals surface area contributed by atoms with Crippen molar-refractivity contribution in [1.29, 1.82) is 0 Å². The third kappa shape index (κ3) is 2.16. The summed E-state index contributed by atoms with van der Waals surface area (Å²) < 4.78 is 1.21. The maximum absolute atomic E-state index is 11.9. The molecule has 1 amide bonds. The second kappa shape index (κ2) is 4.34. The van der Waals surface area contributed by atoms with Crippen molar-refractivity contribution in [2.75, 3.05) is 5.32 Å². The number of hydrogen-bond acceptors (Lipinski definition) is 5. The van der Waals surface area contributed by atoms with Crippen LogP contribution in [0, 0.1) is 0 Å². The van der Waals surface area contributed by atoms with E-state index >= 15 is 0 Å². The van der Waals surface area contributed by atoms with Gasteiger partial charge in [0, 0.05) is 18.6 Å². The minimum Gasteiger partial charge on any atom is -0.478 e. The zero-order chi connectivity index (χ0) is 12.4. The molecule has 2 aromatic rings. The van der Waals surface area contributed by atoms with Crippen molar-refractivity contribution in [3.05, 3.63) is 29.0 Å². The topological polar surface area (TPSA) is 97.1 Å². The maximum atomic E-state index is 11.9. The molecule has 0 aliphatic carbocycles. The van der Waals surface area contributed by atoms with Gasteiger partial charge in [-0.3, -0.25) is 14.8 Å². The van der Waals surface area contributed by atoms with E-state index in [1.807, 2.05) is 0 Å². The molecule has 7 nitrogen and oxygen atoms in total. The van der Waals surface area contributed by atoms with E-state index in [1.54, 1.807) is 11.6 Å². The van der Waals surface area contributed by atoms with Crippen molar-refractivity contribution in [2.45, 2.75) is 0 Å². The van der Waals surface area contributed by atoms with Crippen molar-refractivity contribution in [3.8, 4) is 0 Å². The van der Waals surface area contributed by atoms with Gasteiger partial charge in [-0.25, -0.2) is 9.78 Å². The molecule has 2 N–H and O–H groups in total. The molecule has 8 heteroatoms. The number of aryl methyl sites for hydroxylation is 1. The molecule has 0 unspecified atom stereocenters. The lowest BCUT2D eigenvalue weighted by Gasteiger charge is -2.03. The molecule has 2 rings (SSSR count). The van der Waals surface area contributed by atoms with Crippen LogP contribution in [0.4, 0.5) is 5.13 Å². The number of anilines is 1. The number of carbonyl (C=O) groups is 2. The number of thiazole rings is 1. The van der Waals surface area contributed by atoms with Crippen LogP contribution >= 0.6 is 11.3 Å². The first-order chi connectivity index (χ1) is 8.09. The van der Waals surface area contributed by atoms with Crippen LogP contribution in [-0.4, -0.2) is 31.7 Å². The summed E-state index contributed by atoms with van der Waals surface area (Å²) in [6.45, 7) is 0. The van der Waals surface area contributed by atoms with Gasteiger partial charge in [-0.2, -0.15) is 5.10 Å². The monoisotopic (exact) mass is 252 g/mol. The van der Waals surface area contributed by atoms with E-state index < -0.39 is 11.9 Å². The molecule has 17 heavy (non-hydrogen) atoms. The molecular weight excluding hydrogens is 244 g/mol. The Morgan fingerprint density at radius 1 is 1.53 bits per heavy atom. The van der Waals surface area contributed by atoms with E-state index in [9.17, 15) is 9.59 Å². The average Bonchev–Trinajstić information content (AvgIpc) is 2.86. The fourth-order valence-electron chi connectivity index (χ4n) is 1.30. The molecule has 0 atom stereocenters. The first-order valence-electron chi connectivity index (χ1n) is 4.55. The number of hydrogen-bond donors (Lipinski definition) is 2. The number of amides is 1. The SMILES string of the molecule is Cn1ncc(C(=O)O)c1C(=O)Nc1nccs1. The summed E-state index contributed by atoms with van der Waals surface area (Å²) in [5.41, 5.74) is -0.144. The van der Waals surface area contributed by atoms with E-state index in [4.69, 9.17) is 5.11 Å². The molecule has 0 fully saturated rings. The van der Waals surface area contributed by atoms with Gasteiger partial charge < -0.3 is 5.11 Å². The molecule has 0 aliphatic rings. The Hall–Kier alpha value is -2.22. The van der Waals surface area contributed by atoms with E-state index in [1.165, 1.54) is 23.1 Å². The van der Waals surface area contributed by atoms with Gasteiger partial charge in [0.2, 0.25) is 0 Å². The highest BCUT2D eigenvalue weighted by molar-refractivity contribution is 7.13. The lowest BCUT2D eigenvalue weighted by molar-refractivity contribution is 0.0692. The molecule has 88 valence electrons. The second-order valence-electron chi connectivity index (χ2n) is 3.13. The van der Waals surface area contributed by atoms with E-state index in [0.29, 0.717) is 5.13 Å². The Balaban J connectivity index is 2.30. The summed E-state index contributed by atoms with van der Waals surface area (Å²) in [4.78, 5) is 26.6. The smallest absolute Gasteiger partial charge is 0.339 e. The highest BCUT2D eigenvalue weighted by Crippen LogP contribution is 2.14. The summed E-state index contributed by atoms with van der Waals surface area (Å²) in [5, 5.41) is 17.3. The molecular formula is C9H8N4O3S. The molecule has 0 saturated heterocycles. The van der Waals surface area contributed by atoms with Crippen LogP contribution in [0.25, 0.3) is 0 Å². The van der Waals surface area contributed by atoms with Crippen molar-refractivity contribution in [2.24, 2.45) is 7.05 Å². The minimum absolute atomic E-state index is 0.00676. The van der Waals surface area contributed by atoms with Crippen LogP contribution < -0.4 is 5.32 Å². The summed E-state index contributed by atoms with van der Waals surface area (Å²) >= 11 is 1.25. The second-order valence-corrected chi connectivity index (χ2v) is 4.02. The zero-order valence-electron chi connectivity index (χ0n) is 8.75. The number of carboxylic acids is 1. The Morgan fingerprint density at radius 2 is 2.29 bits per heavy atom. The van der Waals surface area contributed by atoms with E-state index in [-0.39, 0.29) is 11.3 Å². The fourth-order valence-corrected chi connectivity index (χ4v) is 1.83. The van der Waals surface area contributed by atoms with Gasteiger partial charge in [0.15, 0.2) is 5.13 Å². The summed E-state index contributed by atoms with van der Waals surface area (Å²) in [6, 6.07) is 0. The van der Waals surface area contributed by atoms with Gasteiger partial charge in [-0.15, -0.1) is 11.3 Å². The third-order valence-electron chi connectivity index (χ3n) is 2.04. The lowest BCUT2D eigenvalue weighted by atomic mass is 10.2. The van der Waals surface area contributed by atoms with Gasteiger partial charge in [0.1, 0.15) is 11.3 Å². The maximum Gasteiger partial charge on any atom is 0.339 e. The Labute approximate surface area is 99.7 Å². The molecule has 0 saturated carbocycles. The normalized spacial score (nSPS) is 10.2. The molecule has 0 bridgehead atoms. The largest absolute Gasteiger partial charge is 0.478 e. The van der Waals surface area contributed by atoms with Crippen molar-refractivity contribution >= 4 is 28.3 Å². The Morgan fingerprint density at radius 3 is 2.88 bits per heavy atom. The number of carbonyl (C=O) groups excluding carboxylic acids is 1. The first-order valence-corrected chi connectivity index (χ1v) is 5.43. The summed E-state index contributed by atoms with van der Waals surface area (Å²) in [6.07, 6.45) is 2.68. The zero-order valence-corrected chi connectivity index (χ0v) is 9.56.